The van der Waals surface area contributed by atoms with Crippen LogP contribution in [0.1, 0.15) is 35.8 Å². The number of methoxy groups -OCH3 is 1. The van der Waals surface area contributed by atoms with Crippen molar-refractivity contribution >= 4 is 5.91 Å². The largest absolute Gasteiger partial charge is 0.497 e. The number of rotatable bonds is 6. The third-order valence-corrected chi connectivity index (χ3v) is 4.94. The van der Waals surface area contributed by atoms with Gasteiger partial charge >= 0.3 is 0 Å². The van der Waals surface area contributed by atoms with E-state index in [0.717, 1.165) is 24.2 Å². The molecule has 25 heavy (non-hydrogen) atoms. The molecule has 1 aromatic heterocycles. The maximum Gasteiger partial charge on any atom is 0.274 e. The lowest BCUT2D eigenvalue weighted by molar-refractivity contribution is -0.111. The van der Waals surface area contributed by atoms with Crippen LogP contribution in [-0.4, -0.2) is 41.2 Å². The second kappa shape index (κ2) is 5.84. The van der Waals surface area contributed by atoms with E-state index in [2.05, 4.69) is 22.6 Å². The van der Waals surface area contributed by atoms with Gasteiger partial charge in [0.15, 0.2) is 5.69 Å². The predicted molar refractivity (Wildman–Crippen MR) is 90.3 cm³/mol. The van der Waals surface area contributed by atoms with Gasteiger partial charge in [0.05, 0.1) is 38.6 Å². The Balaban J connectivity index is 1.45. The lowest BCUT2D eigenvalue weighted by Gasteiger charge is -2.37. The third-order valence-electron chi connectivity index (χ3n) is 4.94. The summed E-state index contributed by atoms with van der Waals surface area (Å²) in [6.07, 6.45) is 3.53. The van der Waals surface area contributed by atoms with E-state index in [1.165, 1.54) is 0 Å². The minimum atomic E-state index is -0.316. The van der Waals surface area contributed by atoms with Crippen LogP contribution in [0.4, 0.5) is 0 Å². The van der Waals surface area contributed by atoms with Crippen LogP contribution >= 0.6 is 0 Å². The quantitative estimate of drug-likeness (QED) is 0.865. The van der Waals surface area contributed by atoms with Crippen molar-refractivity contribution in [3.05, 3.63) is 41.7 Å². The summed E-state index contributed by atoms with van der Waals surface area (Å²) < 4.78 is 12.3. The molecule has 1 aliphatic carbocycles. The summed E-state index contributed by atoms with van der Waals surface area (Å²) in [4.78, 5) is 12.6. The fourth-order valence-corrected chi connectivity index (χ4v) is 3.23. The molecule has 1 amide bonds. The van der Waals surface area contributed by atoms with E-state index in [9.17, 15) is 4.79 Å². The van der Waals surface area contributed by atoms with Crippen molar-refractivity contribution in [1.82, 2.24) is 20.3 Å². The Labute approximate surface area is 146 Å². The van der Waals surface area contributed by atoms with Crippen LogP contribution in [0.5, 0.6) is 5.75 Å². The van der Waals surface area contributed by atoms with Crippen LogP contribution in [0.3, 0.4) is 0 Å². The van der Waals surface area contributed by atoms with Crippen LogP contribution < -0.4 is 10.1 Å². The fourth-order valence-electron chi connectivity index (χ4n) is 3.23. The molecule has 7 heteroatoms. The van der Waals surface area contributed by atoms with Crippen LogP contribution in [0.15, 0.2) is 30.5 Å². The molecule has 0 unspecified atom stereocenters. The Morgan fingerprint density at radius 2 is 2.20 bits per heavy atom. The summed E-state index contributed by atoms with van der Waals surface area (Å²) in [5.41, 5.74) is 1.17. The summed E-state index contributed by atoms with van der Waals surface area (Å²) >= 11 is 0. The number of amides is 1. The molecule has 0 bridgehead atoms. The first-order chi connectivity index (χ1) is 12.0. The number of carbonyl (C=O) groups is 1. The van der Waals surface area contributed by atoms with Gasteiger partial charge in [-0.15, -0.1) is 5.10 Å². The molecule has 7 nitrogen and oxygen atoms in total. The zero-order valence-corrected chi connectivity index (χ0v) is 14.5. The number of hydrogen-bond donors (Lipinski definition) is 1. The lowest BCUT2D eigenvalue weighted by Crippen LogP contribution is -2.43. The molecule has 1 saturated heterocycles. The first-order valence-corrected chi connectivity index (χ1v) is 8.47. The van der Waals surface area contributed by atoms with Gasteiger partial charge in [-0.2, -0.15) is 0 Å². The Hall–Kier alpha value is -2.41. The molecule has 4 rings (SSSR count). The van der Waals surface area contributed by atoms with Crippen molar-refractivity contribution in [1.29, 1.82) is 0 Å². The maximum atomic E-state index is 12.6. The molecule has 1 aromatic carbocycles. The lowest BCUT2D eigenvalue weighted by atomic mass is 9.89. The summed E-state index contributed by atoms with van der Waals surface area (Å²) in [6.45, 7) is 4.27. The topological polar surface area (TPSA) is 78.3 Å². The third kappa shape index (κ3) is 3.11. The Kier molecular flexibility index (Phi) is 3.76. The summed E-state index contributed by atoms with van der Waals surface area (Å²) in [7, 11) is 1.64. The number of nitrogens with zero attached hydrogens (tertiary/aromatic N) is 3. The monoisotopic (exact) mass is 342 g/mol. The molecular formula is C18H22N4O3. The van der Waals surface area contributed by atoms with Gasteiger partial charge in [-0.25, -0.2) is 0 Å². The van der Waals surface area contributed by atoms with Gasteiger partial charge in [0.25, 0.3) is 5.91 Å². The van der Waals surface area contributed by atoms with Crippen molar-refractivity contribution in [2.75, 3.05) is 20.3 Å². The van der Waals surface area contributed by atoms with E-state index < -0.39 is 0 Å². The van der Waals surface area contributed by atoms with E-state index in [0.29, 0.717) is 25.5 Å². The van der Waals surface area contributed by atoms with Crippen molar-refractivity contribution < 1.29 is 14.3 Å². The van der Waals surface area contributed by atoms with Gasteiger partial charge in [-0.3, -0.25) is 9.48 Å². The molecule has 1 saturated carbocycles. The predicted octanol–water partition coefficient (Wildman–Crippen LogP) is 1.74. The van der Waals surface area contributed by atoms with Crippen molar-refractivity contribution in [3.8, 4) is 5.75 Å². The van der Waals surface area contributed by atoms with Gasteiger partial charge in [0.1, 0.15) is 5.75 Å². The van der Waals surface area contributed by atoms with Crippen molar-refractivity contribution in [2.24, 2.45) is 5.41 Å². The number of nitrogens with one attached hydrogen (secondary N) is 1. The molecule has 132 valence electrons. The molecule has 2 fully saturated rings. The minimum absolute atomic E-state index is 0.0831. The molecule has 1 N–H and O–H groups in total. The second-order valence-electron chi connectivity index (χ2n) is 7.37. The highest BCUT2D eigenvalue weighted by molar-refractivity contribution is 5.92. The van der Waals surface area contributed by atoms with E-state index >= 15 is 0 Å². The van der Waals surface area contributed by atoms with Crippen LogP contribution in [0.25, 0.3) is 0 Å². The second-order valence-corrected chi connectivity index (χ2v) is 7.37. The highest BCUT2D eigenvalue weighted by atomic mass is 16.5. The van der Waals surface area contributed by atoms with E-state index in [1.54, 1.807) is 18.0 Å². The smallest absolute Gasteiger partial charge is 0.274 e. The first-order valence-electron chi connectivity index (χ1n) is 8.47. The SMILES string of the molecule is COc1cccc(C2(NC(=O)c3cn(CC4(C)COC4)nn3)CC2)c1. The molecule has 2 heterocycles. The number of ether oxygens (including phenoxy) is 2. The Bertz CT molecular complexity index is 793. The zero-order chi connectivity index (χ0) is 17.5. The van der Waals surface area contributed by atoms with Crippen LogP contribution in [0.2, 0.25) is 0 Å². The number of aromatic nitrogens is 3. The molecule has 1 aliphatic heterocycles. The number of carbonyl (C=O) groups excluding carboxylic acids is 1. The average molecular weight is 342 g/mol. The van der Waals surface area contributed by atoms with E-state index in [4.69, 9.17) is 9.47 Å². The van der Waals surface area contributed by atoms with Gasteiger partial charge in [0, 0.05) is 5.41 Å². The molecular weight excluding hydrogens is 320 g/mol. The average Bonchev–Trinajstić information content (AvgIpc) is 3.22. The highest BCUT2D eigenvalue weighted by Gasteiger charge is 2.46. The maximum absolute atomic E-state index is 12.6. The molecule has 0 radical (unpaired) electrons. The van der Waals surface area contributed by atoms with Gasteiger partial charge < -0.3 is 14.8 Å². The van der Waals surface area contributed by atoms with Crippen molar-refractivity contribution in [3.63, 3.8) is 0 Å². The summed E-state index contributed by atoms with van der Waals surface area (Å²) in [5.74, 6) is 0.599. The summed E-state index contributed by atoms with van der Waals surface area (Å²) in [6, 6.07) is 7.83. The van der Waals surface area contributed by atoms with Crippen LogP contribution in [-0.2, 0) is 16.8 Å². The van der Waals surface area contributed by atoms with E-state index in [-0.39, 0.29) is 16.9 Å². The molecule has 0 spiro atoms. The van der Waals surface area contributed by atoms with Gasteiger partial charge in [-0.1, -0.05) is 24.3 Å². The normalized spacial score (nSPS) is 19.8. The van der Waals surface area contributed by atoms with Crippen molar-refractivity contribution in [2.45, 2.75) is 31.8 Å². The molecule has 2 aromatic rings. The first kappa shape index (κ1) is 16.1. The standard InChI is InChI=1S/C18H22N4O3/c1-17(11-25-12-17)10-22-9-15(20-21-22)16(23)19-18(6-7-18)13-4-3-5-14(8-13)24-2/h3-5,8-9H,6-7,10-12H2,1-2H3,(H,19,23). The zero-order valence-electron chi connectivity index (χ0n) is 14.5. The van der Waals surface area contributed by atoms with E-state index in [1.807, 2.05) is 24.3 Å². The number of hydrogen-bond acceptors (Lipinski definition) is 5. The minimum Gasteiger partial charge on any atom is -0.497 e. The van der Waals surface area contributed by atoms with Crippen LogP contribution in [0, 0.1) is 5.41 Å². The van der Waals surface area contributed by atoms with Gasteiger partial charge in [-0.05, 0) is 30.5 Å². The summed E-state index contributed by atoms with van der Waals surface area (Å²) in [5, 5.41) is 11.2. The molecule has 2 aliphatic rings. The van der Waals surface area contributed by atoms with Gasteiger partial charge in [0.2, 0.25) is 0 Å². The molecule has 0 atom stereocenters. The fraction of sp³-hybridized carbons (Fsp3) is 0.500. The Morgan fingerprint density at radius 1 is 1.40 bits per heavy atom. The Morgan fingerprint density at radius 3 is 2.84 bits per heavy atom. The highest BCUT2D eigenvalue weighted by Crippen LogP contribution is 2.46. The number of benzene rings is 1.